The van der Waals surface area contributed by atoms with E-state index in [1.54, 1.807) is 0 Å². The van der Waals surface area contributed by atoms with Crippen LogP contribution in [-0.2, 0) is 14.4 Å². The zero-order valence-electron chi connectivity index (χ0n) is 14.6. The molecule has 6 nitrogen and oxygen atoms in total. The van der Waals surface area contributed by atoms with E-state index in [9.17, 15) is 14.4 Å². The van der Waals surface area contributed by atoms with Crippen LogP contribution in [-0.4, -0.2) is 37.9 Å². The van der Waals surface area contributed by atoms with Crippen molar-refractivity contribution in [2.45, 2.75) is 70.2 Å². The van der Waals surface area contributed by atoms with Crippen molar-refractivity contribution >= 4 is 25.8 Å². The Hall–Kier alpha value is -1.81. The van der Waals surface area contributed by atoms with Gasteiger partial charge >= 0.3 is 0 Å². The minimum Gasteiger partial charge on any atom is -0.368 e. The fourth-order valence-corrected chi connectivity index (χ4v) is 2.79. The molecule has 4 N–H and O–H groups in total. The molecule has 1 heterocycles. The molecule has 0 aliphatic carbocycles. The van der Waals surface area contributed by atoms with Gasteiger partial charge in [0.1, 0.15) is 20.2 Å². The molecule has 0 aromatic rings. The molecule has 7 heteroatoms. The van der Waals surface area contributed by atoms with Crippen LogP contribution in [0.1, 0.15) is 40.0 Å². The summed E-state index contributed by atoms with van der Waals surface area (Å²) in [6, 6.07) is -1.42. The molecule has 0 unspecified atom stereocenters. The summed E-state index contributed by atoms with van der Waals surface area (Å²) in [7, 11) is -1.76. The first kappa shape index (κ1) is 19.2. The minimum atomic E-state index is -1.76. The highest BCUT2D eigenvalue weighted by Crippen LogP contribution is 2.35. The van der Waals surface area contributed by atoms with E-state index in [0.717, 1.165) is 0 Å². The Morgan fingerprint density at radius 1 is 1.43 bits per heavy atom. The smallest absolute Gasteiger partial charge is 0.243 e. The zero-order valence-corrected chi connectivity index (χ0v) is 15.6. The lowest BCUT2D eigenvalue weighted by atomic mass is 10.1. The zero-order chi connectivity index (χ0) is 17.8. The van der Waals surface area contributed by atoms with Gasteiger partial charge in [0.2, 0.25) is 17.7 Å². The molecule has 1 rings (SSSR count). The van der Waals surface area contributed by atoms with Gasteiger partial charge in [0, 0.05) is 12.8 Å². The molecule has 23 heavy (non-hydrogen) atoms. The predicted octanol–water partition coefficient (Wildman–Crippen LogP) is 0.676. The third kappa shape index (κ3) is 5.39. The molecule has 0 aromatic heterocycles. The summed E-state index contributed by atoms with van der Waals surface area (Å²) < 4.78 is 0. The quantitative estimate of drug-likeness (QED) is 0.519. The van der Waals surface area contributed by atoms with Gasteiger partial charge in [-0.2, -0.15) is 0 Å². The van der Waals surface area contributed by atoms with Crippen molar-refractivity contribution in [2.24, 2.45) is 5.73 Å². The normalized spacial score (nSPS) is 19.3. The Kier molecular flexibility index (Phi) is 6.00. The molecule has 0 saturated carbocycles. The number of carbonyl (C=O) groups is 3. The molecular weight excluding hydrogens is 310 g/mol. The van der Waals surface area contributed by atoms with Crippen molar-refractivity contribution in [3.8, 4) is 11.5 Å². The highest BCUT2D eigenvalue weighted by Gasteiger charge is 2.34. The maximum Gasteiger partial charge on any atom is 0.243 e. The van der Waals surface area contributed by atoms with Gasteiger partial charge in [-0.15, -0.1) is 11.5 Å². The van der Waals surface area contributed by atoms with Crippen LogP contribution < -0.4 is 16.4 Å². The van der Waals surface area contributed by atoms with E-state index in [4.69, 9.17) is 5.73 Å². The van der Waals surface area contributed by atoms with Crippen LogP contribution in [0.25, 0.3) is 0 Å². The Balaban J connectivity index is 2.69. The second-order valence-electron chi connectivity index (χ2n) is 7.50. The predicted molar refractivity (Wildman–Crippen MR) is 91.9 cm³/mol. The number of rotatable bonds is 4. The van der Waals surface area contributed by atoms with Crippen molar-refractivity contribution in [2.75, 3.05) is 0 Å². The Bertz CT molecular complexity index is 555. The molecule has 3 amide bonds. The first-order chi connectivity index (χ1) is 10.4. The van der Waals surface area contributed by atoms with Gasteiger partial charge in [0.15, 0.2) is 0 Å². The third-order valence-electron chi connectivity index (χ3n) is 4.55. The molecule has 1 saturated heterocycles. The van der Waals surface area contributed by atoms with Crippen LogP contribution in [0.5, 0.6) is 0 Å². The Morgan fingerprint density at radius 2 is 2.04 bits per heavy atom. The number of primary amides is 1. The second kappa shape index (κ2) is 7.17. The van der Waals surface area contributed by atoms with Crippen LogP contribution in [0.15, 0.2) is 0 Å². The van der Waals surface area contributed by atoms with E-state index < -0.39 is 26.1 Å². The van der Waals surface area contributed by atoms with E-state index in [0.29, 0.717) is 12.8 Å². The summed E-state index contributed by atoms with van der Waals surface area (Å²) in [5.41, 5.74) is 8.64. The van der Waals surface area contributed by atoms with Crippen LogP contribution in [0.3, 0.4) is 0 Å². The van der Waals surface area contributed by atoms with Gasteiger partial charge in [-0.1, -0.05) is 33.9 Å². The highest BCUT2D eigenvalue weighted by molar-refractivity contribution is 6.87. The summed E-state index contributed by atoms with van der Waals surface area (Å²) in [6.07, 6.45) is 0.949. The topological polar surface area (TPSA) is 101 Å². The van der Waals surface area contributed by atoms with Crippen LogP contribution in [0.2, 0.25) is 18.1 Å². The summed E-state index contributed by atoms with van der Waals surface area (Å²) in [5.74, 6) is 1.87. The van der Waals surface area contributed by atoms with Crippen LogP contribution in [0, 0.1) is 11.5 Å². The third-order valence-corrected chi connectivity index (χ3v) is 9.11. The van der Waals surface area contributed by atoms with E-state index in [1.807, 2.05) is 0 Å². The lowest BCUT2D eigenvalue weighted by molar-refractivity contribution is -0.129. The monoisotopic (exact) mass is 337 g/mol. The Morgan fingerprint density at radius 3 is 2.48 bits per heavy atom. The van der Waals surface area contributed by atoms with Gasteiger partial charge < -0.3 is 16.4 Å². The maximum atomic E-state index is 12.1. The molecule has 128 valence electrons. The van der Waals surface area contributed by atoms with Gasteiger partial charge in [-0.3, -0.25) is 14.4 Å². The Labute approximate surface area is 139 Å². The van der Waals surface area contributed by atoms with Gasteiger partial charge in [0.05, 0.1) is 0 Å². The van der Waals surface area contributed by atoms with Crippen LogP contribution >= 0.6 is 0 Å². The molecule has 0 spiro atoms. The van der Waals surface area contributed by atoms with E-state index >= 15 is 0 Å². The first-order valence-corrected chi connectivity index (χ1v) is 10.8. The van der Waals surface area contributed by atoms with Gasteiger partial charge in [0.25, 0.3) is 0 Å². The number of amides is 3. The molecular formula is C16H27N3O3Si. The van der Waals surface area contributed by atoms with Crippen molar-refractivity contribution in [1.82, 2.24) is 10.6 Å². The van der Waals surface area contributed by atoms with Crippen molar-refractivity contribution in [3.05, 3.63) is 0 Å². The molecule has 0 radical (unpaired) electrons. The number of hydrogen-bond donors (Lipinski definition) is 3. The fourth-order valence-electron chi connectivity index (χ4n) is 1.87. The molecule has 1 aliphatic rings. The standard InChI is InChI=1S/C16H27N3O3Si/c1-16(2,3)23(4,5)10-6-7-11(14(17)21)19-15(22)12-8-9-13(20)18-12/h11-12H,7-9H2,1-5H3,(H2,17,21)(H,18,20)(H,19,22)/t11-,12+/m1/s1. The SMILES string of the molecule is CC(C)(C)[Si](C)(C)C#CC[C@@H](NC(=O)[C@@H]1CCC(=O)N1)C(N)=O. The summed E-state index contributed by atoms with van der Waals surface area (Å²) in [5, 5.41) is 5.28. The summed E-state index contributed by atoms with van der Waals surface area (Å²) >= 11 is 0. The molecule has 0 aromatic carbocycles. The number of nitrogens with one attached hydrogen (secondary N) is 2. The lowest BCUT2D eigenvalue weighted by Crippen LogP contribution is -2.50. The number of carbonyl (C=O) groups excluding carboxylic acids is 3. The fraction of sp³-hybridized carbons (Fsp3) is 0.688. The number of nitrogens with two attached hydrogens (primary N) is 1. The highest BCUT2D eigenvalue weighted by atomic mass is 28.3. The molecule has 0 bridgehead atoms. The van der Waals surface area contributed by atoms with Crippen molar-refractivity contribution in [3.63, 3.8) is 0 Å². The average Bonchev–Trinajstić information content (AvgIpc) is 2.82. The maximum absolute atomic E-state index is 12.1. The molecule has 2 atom stereocenters. The second-order valence-corrected chi connectivity index (χ2v) is 12.5. The molecule has 1 fully saturated rings. The lowest BCUT2D eigenvalue weighted by Gasteiger charge is -2.31. The van der Waals surface area contributed by atoms with Gasteiger partial charge in [-0.05, 0) is 11.5 Å². The van der Waals surface area contributed by atoms with Crippen molar-refractivity contribution in [1.29, 1.82) is 0 Å². The van der Waals surface area contributed by atoms with Crippen molar-refractivity contribution < 1.29 is 14.4 Å². The minimum absolute atomic E-state index is 0.125. The van der Waals surface area contributed by atoms with Gasteiger partial charge in [-0.25, -0.2) is 0 Å². The van der Waals surface area contributed by atoms with E-state index in [2.05, 4.69) is 56.0 Å². The molecule has 1 aliphatic heterocycles. The van der Waals surface area contributed by atoms with E-state index in [-0.39, 0.29) is 23.3 Å². The van der Waals surface area contributed by atoms with E-state index in [1.165, 1.54) is 0 Å². The first-order valence-electron chi connectivity index (χ1n) is 7.83. The largest absolute Gasteiger partial charge is 0.368 e. The van der Waals surface area contributed by atoms with Crippen LogP contribution in [0.4, 0.5) is 0 Å². The summed E-state index contributed by atoms with van der Waals surface area (Å²) in [6.45, 7) is 10.8. The summed E-state index contributed by atoms with van der Waals surface area (Å²) in [4.78, 5) is 34.7. The average molecular weight is 337 g/mol. The number of hydrogen-bond acceptors (Lipinski definition) is 3.